The number of hydrogen-bond donors (Lipinski definition) is 3. The first kappa shape index (κ1) is 21.5. The van der Waals surface area contributed by atoms with E-state index in [0.29, 0.717) is 39.7 Å². The summed E-state index contributed by atoms with van der Waals surface area (Å²) in [5.41, 5.74) is 5.26. The van der Waals surface area contributed by atoms with Gasteiger partial charge in [-0.2, -0.15) is 0 Å². The van der Waals surface area contributed by atoms with Crippen LogP contribution < -0.4 is 16.4 Å². The van der Waals surface area contributed by atoms with E-state index in [4.69, 9.17) is 30.6 Å². The van der Waals surface area contributed by atoms with Crippen LogP contribution in [0.4, 0.5) is 0 Å². The van der Waals surface area contributed by atoms with Crippen molar-refractivity contribution in [3.05, 3.63) is 0 Å². The van der Waals surface area contributed by atoms with Crippen molar-refractivity contribution in [3.63, 3.8) is 0 Å². The Kier molecular flexibility index (Phi) is 12.7. The molecule has 0 heterocycles. The van der Waals surface area contributed by atoms with Crippen LogP contribution in [-0.2, 0) is 34.5 Å². The highest BCUT2D eigenvalue weighted by atomic mass is 32.4. The van der Waals surface area contributed by atoms with Crippen LogP contribution in [0.1, 0.15) is 19.3 Å². The van der Waals surface area contributed by atoms with Crippen molar-refractivity contribution in [2.45, 2.75) is 25.3 Å². The minimum atomic E-state index is -2.71. The average Bonchev–Trinajstić information content (AvgIpc) is 2.53. The van der Waals surface area contributed by atoms with Crippen LogP contribution in [0.2, 0.25) is 6.04 Å². The van der Waals surface area contributed by atoms with Crippen molar-refractivity contribution < 1.29 is 22.7 Å². The van der Waals surface area contributed by atoms with Crippen LogP contribution in [0, 0.1) is 0 Å². The second-order valence-electron chi connectivity index (χ2n) is 4.35. The first-order valence-corrected chi connectivity index (χ1v) is 10.6. The molecule has 2 amide bonds. The van der Waals surface area contributed by atoms with Crippen LogP contribution >= 0.6 is 7.58 Å². The zero-order chi connectivity index (χ0) is 16.8. The standard InChI is InChI=1S/C11H24N3O5PSSi/c1-17-22(18-2,19-20-21)9-3-7-13-10(15)4-5-11(16)14-8-6-12/h3-9,12H2,1-2H3,(H,13,15)(H,14,16). The molecule has 0 radical (unpaired) electrons. The number of nitrogens with one attached hydrogen (secondary N) is 2. The van der Waals surface area contributed by atoms with Gasteiger partial charge in [-0.1, -0.05) is 0 Å². The topological polar surface area (TPSA) is 112 Å². The zero-order valence-electron chi connectivity index (χ0n) is 12.9. The van der Waals surface area contributed by atoms with Crippen molar-refractivity contribution in [2.24, 2.45) is 5.73 Å². The normalized spacial score (nSPS) is 11.4. The Morgan fingerprint density at radius 1 is 1.14 bits per heavy atom. The van der Waals surface area contributed by atoms with Gasteiger partial charge in [0, 0.05) is 52.7 Å². The summed E-state index contributed by atoms with van der Waals surface area (Å²) in [7, 11) is 0.672. The van der Waals surface area contributed by atoms with E-state index in [0.717, 1.165) is 0 Å². The quantitative estimate of drug-likeness (QED) is 0.236. The number of carbonyl (C=O) groups excluding carboxylic acids is 2. The second-order valence-corrected chi connectivity index (χ2v) is 8.36. The summed E-state index contributed by atoms with van der Waals surface area (Å²) in [5, 5.41) is 5.35. The van der Waals surface area contributed by atoms with E-state index in [1.807, 2.05) is 0 Å². The first-order chi connectivity index (χ1) is 10.5. The van der Waals surface area contributed by atoms with Crippen molar-refractivity contribution in [1.29, 1.82) is 0 Å². The highest BCUT2D eigenvalue weighted by Gasteiger charge is 2.38. The summed E-state index contributed by atoms with van der Waals surface area (Å²) >= 11 is 4.75. The Bertz CT molecular complexity index is 361. The van der Waals surface area contributed by atoms with Crippen molar-refractivity contribution >= 4 is 40.0 Å². The summed E-state index contributed by atoms with van der Waals surface area (Å²) in [6, 6.07) is 0.556. The molecule has 8 nitrogen and oxygen atoms in total. The van der Waals surface area contributed by atoms with Crippen LogP contribution in [0.3, 0.4) is 0 Å². The molecule has 0 atom stereocenters. The summed E-state index contributed by atoms with van der Waals surface area (Å²) in [6.45, 7) is 1.26. The highest BCUT2D eigenvalue weighted by molar-refractivity contribution is 7.94. The predicted molar refractivity (Wildman–Crippen MR) is 88.9 cm³/mol. The van der Waals surface area contributed by atoms with Gasteiger partial charge in [-0.05, 0) is 18.2 Å². The Morgan fingerprint density at radius 3 is 2.14 bits per heavy atom. The van der Waals surface area contributed by atoms with E-state index in [1.54, 1.807) is 0 Å². The SMILES string of the molecule is CO[Si](CCCNC(=O)CCC(=O)NCCN)(OC)OP=S. The summed E-state index contributed by atoms with van der Waals surface area (Å²) in [6.07, 6.45) is 0.942. The van der Waals surface area contributed by atoms with E-state index in [2.05, 4.69) is 10.6 Å². The van der Waals surface area contributed by atoms with Crippen LogP contribution in [0.25, 0.3) is 0 Å². The van der Waals surface area contributed by atoms with E-state index in [1.165, 1.54) is 14.2 Å². The highest BCUT2D eigenvalue weighted by Crippen LogP contribution is 2.20. The lowest BCUT2D eigenvalue weighted by Gasteiger charge is -2.23. The molecule has 22 heavy (non-hydrogen) atoms. The van der Waals surface area contributed by atoms with Gasteiger partial charge in [0.1, 0.15) is 7.58 Å². The minimum Gasteiger partial charge on any atom is -0.376 e. The van der Waals surface area contributed by atoms with Crippen molar-refractivity contribution in [2.75, 3.05) is 33.9 Å². The van der Waals surface area contributed by atoms with Crippen molar-refractivity contribution in [3.8, 4) is 0 Å². The number of hydrogen-bond acceptors (Lipinski definition) is 7. The van der Waals surface area contributed by atoms with Crippen molar-refractivity contribution in [1.82, 2.24) is 10.6 Å². The van der Waals surface area contributed by atoms with E-state index in [-0.39, 0.29) is 24.7 Å². The van der Waals surface area contributed by atoms with Gasteiger partial charge in [-0.3, -0.25) is 9.59 Å². The van der Waals surface area contributed by atoms with Crippen LogP contribution in [0.15, 0.2) is 0 Å². The monoisotopic (exact) mass is 369 g/mol. The lowest BCUT2D eigenvalue weighted by atomic mass is 10.2. The fraction of sp³-hybridized carbons (Fsp3) is 0.818. The molecule has 4 N–H and O–H groups in total. The summed E-state index contributed by atoms with van der Waals surface area (Å²) in [4.78, 5) is 22.9. The lowest BCUT2D eigenvalue weighted by molar-refractivity contribution is -0.126. The first-order valence-electron chi connectivity index (χ1n) is 6.88. The third-order valence-corrected chi connectivity index (χ3v) is 7.12. The molecule has 0 aromatic carbocycles. The van der Waals surface area contributed by atoms with Crippen LogP contribution in [-0.4, -0.2) is 54.5 Å². The molecule has 0 unspecified atom stereocenters. The number of amides is 2. The molecule has 0 saturated carbocycles. The molecule has 0 spiro atoms. The van der Waals surface area contributed by atoms with Gasteiger partial charge in [0.15, 0.2) is 0 Å². The molecule has 0 aliphatic rings. The van der Waals surface area contributed by atoms with E-state index < -0.39 is 8.80 Å². The zero-order valence-corrected chi connectivity index (χ0v) is 15.6. The smallest absolute Gasteiger partial charge is 0.376 e. The maximum absolute atomic E-state index is 11.6. The molecular formula is C11H24N3O5PSSi. The molecule has 0 aliphatic heterocycles. The third-order valence-electron chi connectivity index (χ3n) is 2.83. The molecule has 0 aliphatic carbocycles. The Balaban J connectivity index is 3.87. The summed E-state index contributed by atoms with van der Waals surface area (Å²) < 4.78 is 15.9. The number of nitrogens with two attached hydrogens (primary N) is 1. The lowest BCUT2D eigenvalue weighted by Crippen LogP contribution is -2.42. The molecule has 0 aromatic heterocycles. The van der Waals surface area contributed by atoms with Gasteiger partial charge in [-0.25, -0.2) is 0 Å². The Hall–Kier alpha value is -0.483. The second kappa shape index (κ2) is 13.0. The Morgan fingerprint density at radius 2 is 1.68 bits per heavy atom. The third kappa shape index (κ3) is 9.52. The summed E-state index contributed by atoms with van der Waals surface area (Å²) in [5.74, 6) is -0.351. The van der Waals surface area contributed by atoms with Gasteiger partial charge >= 0.3 is 8.80 Å². The molecule has 128 valence electrons. The molecule has 0 bridgehead atoms. The van der Waals surface area contributed by atoms with Gasteiger partial charge in [-0.15, -0.1) is 0 Å². The van der Waals surface area contributed by atoms with Gasteiger partial charge < -0.3 is 29.4 Å². The van der Waals surface area contributed by atoms with Gasteiger partial charge in [0.2, 0.25) is 11.8 Å². The average molecular weight is 369 g/mol. The molecule has 0 rings (SSSR count). The van der Waals surface area contributed by atoms with E-state index >= 15 is 0 Å². The maximum Gasteiger partial charge on any atom is 0.509 e. The Labute approximate surface area is 138 Å². The predicted octanol–water partition coefficient (Wildman–Crippen LogP) is -0.0808. The van der Waals surface area contributed by atoms with E-state index in [9.17, 15) is 9.59 Å². The fourth-order valence-electron chi connectivity index (χ4n) is 1.61. The number of carbonyl (C=O) groups is 2. The maximum atomic E-state index is 11.6. The molecule has 0 saturated heterocycles. The molecule has 11 heteroatoms. The van der Waals surface area contributed by atoms with Gasteiger partial charge in [0.25, 0.3) is 0 Å². The number of rotatable bonds is 13. The minimum absolute atomic E-state index is 0.148. The fourth-order valence-corrected chi connectivity index (χ4v) is 5.23. The molecule has 0 aromatic rings. The largest absolute Gasteiger partial charge is 0.509 e. The molecule has 0 fully saturated rings. The van der Waals surface area contributed by atoms with Gasteiger partial charge in [0.05, 0.1) is 0 Å². The molecular weight excluding hydrogens is 345 g/mol. The van der Waals surface area contributed by atoms with Crippen LogP contribution in [0.5, 0.6) is 0 Å².